The van der Waals surface area contributed by atoms with E-state index >= 15 is 0 Å². The lowest BCUT2D eigenvalue weighted by Crippen LogP contribution is -2.44. The quantitative estimate of drug-likeness (QED) is 0.906. The third-order valence-corrected chi connectivity index (χ3v) is 4.55. The minimum Gasteiger partial charge on any atom is -0.353 e. The molecule has 1 amide bonds. The second-order valence-electron chi connectivity index (χ2n) is 7.15. The third kappa shape index (κ3) is 4.84. The molecular formula is C19H30N2O. The summed E-state index contributed by atoms with van der Waals surface area (Å²) in [7, 11) is 2.14. The standard InChI is InChI=1S/C19H30N2O/c1-14(2)12-16-6-5-7-17(13-16)15(3)19(22)20-18-8-10-21(4)11-9-18/h5-7,13-15,18H,8-12H2,1-4H3,(H,20,22)/t15-/m1/s1. The van der Waals surface area contributed by atoms with E-state index in [1.165, 1.54) is 5.56 Å². The number of nitrogens with one attached hydrogen (secondary N) is 1. The molecule has 0 spiro atoms. The van der Waals surface area contributed by atoms with Crippen molar-refractivity contribution in [2.45, 2.75) is 52.0 Å². The van der Waals surface area contributed by atoms with Crippen molar-refractivity contribution in [1.29, 1.82) is 0 Å². The minimum absolute atomic E-state index is 0.0771. The Morgan fingerprint density at radius 3 is 2.59 bits per heavy atom. The zero-order chi connectivity index (χ0) is 16.1. The minimum atomic E-state index is -0.0771. The highest BCUT2D eigenvalue weighted by atomic mass is 16.1. The molecule has 1 aromatic rings. The van der Waals surface area contributed by atoms with Crippen molar-refractivity contribution in [3.63, 3.8) is 0 Å². The van der Waals surface area contributed by atoms with Gasteiger partial charge in [0.05, 0.1) is 5.92 Å². The predicted molar refractivity (Wildman–Crippen MR) is 92.1 cm³/mol. The fraction of sp³-hybridized carbons (Fsp3) is 0.632. The first-order chi connectivity index (χ1) is 10.5. The first-order valence-electron chi connectivity index (χ1n) is 8.53. The molecule has 2 rings (SSSR count). The van der Waals surface area contributed by atoms with Crippen LogP contribution in [0.5, 0.6) is 0 Å². The Morgan fingerprint density at radius 2 is 1.95 bits per heavy atom. The number of hydrogen-bond donors (Lipinski definition) is 1. The summed E-state index contributed by atoms with van der Waals surface area (Å²) in [5.74, 6) is 0.724. The highest BCUT2D eigenvalue weighted by Crippen LogP contribution is 2.19. The van der Waals surface area contributed by atoms with E-state index in [4.69, 9.17) is 0 Å². The number of piperidine rings is 1. The normalized spacial score (nSPS) is 18.4. The SMILES string of the molecule is CC(C)Cc1cccc([C@@H](C)C(=O)NC2CCN(C)CC2)c1. The molecule has 0 aromatic heterocycles. The van der Waals surface area contributed by atoms with Crippen LogP contribution >= 0.6 is 0 Å². The summed E-state index contributed by atoms with van der Waals surface area (Å²) in [5, 5.41) is 3.23. The Kier molecular flexibility index (Phi) is 6.01. The van der Waals surface area contributed by atoms with Crippen LogP contribution in [-0.2, 0) is 11.2 Å². The van der Waals surface area contributed by atoms with Crippen LogP contribution in [0.25, 0.3) is 0 Å². The molecule has 1 N–H and O–H groups in total. The van der Waals surface area contributed by atoms with Gasteiger partial charge in [-0.2, -0.15) is 0 Å². The van der Waals surface area contributed by atoms with E-state index in [1.807, 2.05) is 6.92 Å². The van der Waals surface area contributed by atoms with Gasteiger partial charge >= 0.3 is 0 Å². The van der Waals surface area contributed by atoms with Crippen LogP contribution in [0.3, 0.4) is 0 Å². The van der Waals surface area contributed by atoms with E-state index in [9.17, 15) is 4.79 Å². The van der Waals surface area contributed by atoms with Gasteiger partial charge in [-0.05, 0) is 63.4 Å². The van der Waals surface area contributed by atoms with Gasteiger partial charge in [0.1, 0.15) is 0 Å². The molecule has 1 aromatic carbocycles. The summed E-state index contributed by atoms with van der Waals surface area (Å²) in [6.45, 7) is 8.61. The van der Waals surface area contributed by atoms with Crippen molar-refractivity contribution in [2.75, 3.05) is 20.1 Å². The Hall–Kier alpha value is -1.35. The van der Waals surface area contributed by atoms with Gasteiger partial charge in [0.2, 0.25) is 5.91 Å². The molecule has 0 bridgehead atoms. The van der Waals surface area contributed by atoms with Gasteiger partial charge in [-0.3, -0.25) is 4.79 Å². The molecule has 3 nitrogen and oxygen atoms in total. The van der Waals surface area contributed by atoms with Crippen molar-refractivity contribution in [3.8, 4) is 0 Å². The number of benzene rings is 1. The summed E-state index contributed by atoms with van der Waals surface area (Å²) >= 11 is 0. The van der Waals surface area contributed by atoms with E-state index in [2.05, 4.69) is 55.4 Å². The Labute approximate surface area is 135 Å². The van der Waals surface area contributed by atoms with Gasteiger partial charge in [-0.1, -0.05) is 38.1 Å². The Balaban J connectivity index is 1.95. The van der Waals surface area contributed by atoms with Crippen LogP contribution in [0, 0.1) is 5.92 Å². The molecule has 0 saturated carbocycles. The van der Waals surface area contributed by atoms with Crippen LogP contribution in [-0.4, -0.2) is 37.0 Å². The fourth-order valence-corrected chi connectivity index (χ4v) is 3.09. The second kappa shape index (κ2) is 7.77. The topological polar surface area (TPSA) is 32.3 Å². The number of amides is 1. The van der Waals surface area contributed by atoms with Gasteiger partial charge in [0.25, 0.3) is 0 Å². The van der Waals surface area contributed by atoms with Crippen LogP contribution in [0.4, 0.5) is 0 Å². The number of likely N-dealkylation sites (tertiary alicyclic amines) is 1. The van der Waals surface area contributed by atoms with Gasteiger partial charge in [0, 0.05) is 6.04 Å². The lowest BCUT2D eigenvalue weighted by atomic mass is 9.94. The highest BCUT2D eigenvalue weighted by molar-refractivity contribution is 5.83. The van der Waals surface area contributed by atoms with Gasteiger partial charge in [-0.15, -0.1) is 0 Å². The lowest BCUT2D eigenvalue weighted by molar-refractivity contribution is -0.123. The molecule has 1 aliphatic rings. The first kappa shape index (κ1) is 17.0. The average Bonchev–Trinajstić information content (AvgIpc) is 2.48. The van der Waals surface area contributed by atoms with E-state index in [0.717, 1.165) is 37.9 Å². The number of nitrogens with zero attached hydrogens (tertiary/aromatic N) is 1. The monoisotopic (exact) mass is 302 g/mol. The maximum absolute atomic E-state index is 12.5. The summed E-state index contributed by atoms with van der Waals surface area (Å²) in [4.78, 5) is 14.8. The molecule has 1 fully saturated rings. The van der Waals surface area contributed by atoms with Crippen LogP contribution in [0.1, 0.15) is 50.7 Å². The van der Waals surface area contributed by atoms with Crippen molar-refractivity contribution in [2.24, 2.45) is 5.92 Å². The molecule has 122 valence electrons. The predicted octanol–water partition coefficient (Wildman–Crippen LogP) is 3.20. The maximum Gasteiger partial charge on any atom is 0.227 e. The molecule has 0 radical (unpaired) electrons. The van der Waals surface area contributed by atoms with Gasteiger partial charge in [0.15, 0.2) is 0 Å². The largest absolute Gasteiger partial charge is 0.353 e. The fourth-order valence-electron chi connectivity index (χ4n) is 3.09. The summed E-state index contributed by atoms with van der Waals surface area (Å²) in [6, 6.07) is 8.84. The lowest BCUT2D eigenvalue weighted by Gasteiger charge is -2.30. The molecule has 1 aliphatic heterocycles. The molecule has 1 heterocycles. The number of rotatable bonds is 5. The zero-order valence-electron chi connectivity index (χ0n) is 14.4. The van der Waals surface area contributed by atoms with Crippen molar-refractivity contribution >= 4 is 5.91 Å². The third-order valence-electron chi connectivity index (χ3n) is 4.55. The maximum atomic E-state index is 12.5. The van der Waals surface area contributed by atoms with Crippen molar-refractivity contribution in [1.82, 2.24) is 10.2 Å². The smallest absolute Gasteiger partial charge is 0.227 e. The van der Waals surface area contributed by atoms with Gasteiger partial charge < -0.3 is 10.2 Å². The van der Waals surface area contributed by atoms with Crippen LogP contribution in [0.15, 0.2) is 24.3 Å². The van der Waals surface area contributed by atoms with E-state index in [1.54, 1.807) is 0 Å². The summed E-state index contributed by atoms with van der Waals surface area (Å²) < 4.78 is 0. The van der Waals surface area contributed by atoms with E-state index in [-0.39, 0.29) is 11.8 Å². The van der Waals surface area contributed by atoms with Crippen molar-refractivity contribution in [3.05, 3.63) is 35.4 Å². The van der Waals surface area contributed by atoms with E-state index < -0.39 is 0 Å². The van der Waals surface area contributed by atoms with Crippen LogP contribution in [0.2, 0.25) is 0 Å². The first-order valence-corrected chi connectivity index (χ1v) is 8.53. The van der Waals surface area contributed by atoms with E-state index in [0.29, 0.717) is 12.0 Å². The number of hydrogen-bond acceptors (Lipinski definition) is 2. The highest BCUT2D eigenvalue weighted by Gasteiger charge is 2.22. The van der Waals surface area contributed by atoms with Crippen LogP contribution < -0.4 is 5.32 Å². The average molecular weight is 302 g/mol. The molecule has 1 atom stereocenters. The second-order valence-corrected chi connectivity index (χ2v) is 7.15. The summed E-state index contributed by atoms with van der Waals surface area (Å²) in [6.07, 6.45) is 3.18. The molecule has 0 aliphatic carbocycles. The molecular weight excluding hydrogens is 272 g/mol. The Morgan fingerprint density at radius 1 is 1.27 bits per heavy atom. The van der Waals surface area contributed by atoms with Crippen molar-refractivity contribution < 1.29 is 4.79 Å². The van der Waals surface area contributed by atoms with Gasteiger partial charge in [-0.25, -0.2) is 0 Å². The number of carbonyl (C=O) groups is 1. The molecule has 22 heavy (non-hydrogen) atoms. The Bertz CT molecular complexity index is 490. The summed E-state index contributed by atoms with van der Waals surface area (Å²) in [5.41, 5.74) is 2.45. The molecule has 1 saturated heterocycles. The zero-order valence-corrected chi connectivity index (χ0v) is 14.4. The molecule has 3 heteroatoms. The molecule has 0 unspecified atom stereocenters. The number of carbonyl (C=O) groups excluding carboxylic acids is 1.